The molecule has 0 bridgehead atoms. The Hall–Kier alpha value is -3.43. The molecule has 1 saturated carbocycles. The van der Waals surface area contributed by atoms with Crippen molar-refractivity contribution in [3.63, 3.8) is 0 Å². The lowest BCUT2D eigenvalue weighted by atomic mass is 9.91. The van der Waals surface area contributed by atoms with Crippen molar-refractivity contribution in [3.05, 3.63) is 65.7 Å². The van der Waals surface area contributed by atoms with Crippen LogP contribution >= 0.6 is 0 Å². The molecule has 0 spiro atoms. The Morgan fingerprint density at radius 3 is 2.33 bits per heavy atom. The molecule has 9 heteroatoms. The van der Waals surface area contributed by atoms with Gasteiger partial charge in [0.2, 0.25) is 11.8 Å². The Bertz CT molecular complexity index is 1100. The second-order valence-electron chi connectivity index (χ2n) is 10.5. The number of carbonyl (C=O) groups is 3. The summed E-state index contributed by atoms with van der Waals surface area (Å²) < 4.78 is 10.4. The summed E-state index contributed by atoms with van der Waals surface area (Å²) in [6.45, 7) is 0.610. The van der Waals surface area contributed by atoms with Gasteiger partial charge in [-0.3, -0.25) is 14.4 Å². The summed E-state index contributed by atoms with van der Waals surface area (Å²) in [5.41, 5.74) is 7.68. The zero-order chi connectivity index (χ0) is 27.8. The van der Waals surface area contributed by atoms with Crippen LogP contribution in [0.3, 0.4) is 0 Å². The van der Waals surface area contributed by atoms with Crippen molar-refractivity contribution in [2.24, 2.45) is 5.73 Å². The molecule has 39 heavy (non-hydrogen) atoms. The van der Waals surface area contributed by atoms with E-state index in [2.05, 4.69) is 5.32 Å². The third-order valence-corrected chi connectivity index (χ3v) is 7.81. The molecular formula is C30H40N4O5. The molecule has 3 amide bonds. The Kier molecular flexibility index (Phi) is 9.95. The SMILES string of the molecule is COCC(=O)N1CC(N(CCc2ccccc2)C(=O)c2ccc(OC)cc2)CC1C(=O)NC1CCC(N)CC1. The van der Waals surface area contributed by atoms with Crippen LogP contribution in [0.25, 0.3) is 0 Å². The second kappa shape index (κ2) is 13.6. The van der Waals surface area contributed by atoms with Crippen LogP contribution in [0.15, 0.2) is 54.6 Å². The van der Waals surface area contributed by atoms with Gasteiger partial charge >= 0.3 is 0 Å². The third-order valence-electron chi connectivity index (χ3n) is 7.81. The summed E-state index contributed by atoms with van der Waals surface area (Å²) in [6.07, 6.45) is 4.42. The first kappa shape index (κ1) is 28.6. The zero-order valence-electron chi connectivity index (χ0n) is 22.9. The monoisotopic (exact) mass is 536 g/mol. The Morgan fingerprint density at radius 2 is 1.69 bits per heavy atom. The van der Waals surface area contributed by atoms with Crippen LogP contribution < -0.4 is 15.8 Å². The van der Waals surface area contributed by atoms with Crippen molar-refractivity contribution in [1.82, 2.24) is 15.1 Å². The number of rotatable bonds is 10. The van der Waals surface area contributed by atoms with Gasteiger partial charge in [0.05, 0.1) is 13.2 Å². The summed E-state index contributed by atoms with van der Waals surface area (Å²) in [6, 6.07) is 16.2. The van der Waals surface area contributed by atoms with Gasteiger partial charge in [-0.25, -0.2) is 0 Å². The maximum Gasteiger partial charge on any atom is 0.254 e. The molecule has 3 N–H and O–H groups in total. The normalized spacial score (nSPS) is 22.8. The van der Waals surface area contributed by atoms with Crippen LogP contribution in [0, 0.1) is 0 Å². The van der Waals surface area contributed by atoms with E-state index in [0.29, 0.717) is 30.7 Å². The highest BCUT2D eigenvalue weighted by molar-refractivity contribution is 5.95. The molecule has 2 aliphatic rings. The number of nitrogens with two attached hydrogens (primary N) is 1. The van der Waals surface area contributed by atoms with Crippen LogP contribution in [-0.2, 0) is 20.7 Å². The molecule has 1 saturated heterocycles. The Labute approximate surface area is 230 Å². The van der Waals surface area contributed by atoms with Crippen molar-refractivity contribution in [2.75, 3.05) is 33.9 Å². The van der Waals surface area contributed by atoms with E-state index in [1.165, 1.54) is 7.11 Å². The highest BCUT2D eigenvalue weighted by Crippen LogP contribution is 2.26. The van der Waals surface area contributed by atoms with Crippen molar-refractivity contribution < 1.29 is 23.9 Å². The quantitative estimate of drug-likeness (QED) is 0.482. The smallest absolute Gasteiger partial charge is 0.254 e. The molecule has 2 aromatic rings. The summed E-state index contributed by atoms with van der Waals surface area (Å²) in [4.78, 5) is 43.7. The predicted octanol–water partition coefficient (Wildman–Crippen LogP) is 2.38. The van der Waals surface area contributed by atoms with Gasteiger partial charge in [-0.05, 0) is 68.4 Å². The number of nitrogens with zero attached hydrogens (tertiary/aromatic N) is 2. The van der Waals surface area contributed by atoms with Crippen molar-refractivity contribution in [2.45, 2.75) is 62.7 Å². The third kappa shape index (κ3) is 7.36. The van der Waals surface area contributed by atoms with Gasteiger partial charge in [0.15, 0.2) is 0 Å². The van der Waals surface area contributed by atoms with Gasteiger partial charge in [-0.2, -0.15) is 0 Å². The van der Waals surface area contributed by atoms with Crippen LogP contribution in [0.5, 0.6) is 5.75 Å². The van der Waals surface area contributed by atoms with Crippen LogP contribution in [0.1, 0.15) is 48.0 Å². The number of nitrogens with one attached hydrogen (secondary N) is 1. The van der Waals surface area contributed by atoms with Crippen molar-refractivity contribution >= 4 is 17.7 Å². The Morgan fingerprint density at radius 1 is 1.00 bits per heavy atom. The number of carbonyl (C=O) groups excluding carboxylic acids is 3. The number of likely N-dealkylation sites (tertiary alicyclic amines) is 1. The van der Waals surface area contributed by atoms with E-state index in [1.807, 2.05) is 35.2 Å². The fourth-order valence-electron chi connectivity index (χ4n) is 5.57. The first-order chi connectivity index (χ1) is 18.9. The van der Waals surface area contributed by atoms with E-state index >= 15 is 0 Å². The molecule has 4 rings (SSSR count). The summed E-state index contributed by atoms with van der Waals surface area (Å²) in [5, 5.41) is 3.15. The first-order valence-electron chi connectivity index (χ1n) is 13.7. The summed E-state index contributed by atoms with van der Waals surface area (Å²) >= 11 is 0. The number of methoxy groups -OCH3 is 2. The van der Waals surface area contributed by atoms with Crippen molar-refractivity contribution in [3.8, 4) is 5.75 Å². The lowest BCUT2D eigenvalue weighted by Crippen LogP contribution is -2.50. The summed E-state index contributed by atoms with van der Waals surface area (Å²) in [7, 11) is 3.05. The van der Waals surface area contributed by atoms with Gasteiger partial charge in [0.1, 0.15) is 18.4 Å². The fourth-order valence-corrected chi connectivity index (χ4v) is 5.57. The minimum absolute atomic E-state index is 0.0471. The number of hydrogen-bond donors (Lipinski definition) is 2. The summed E-state index contributed by atoms with van der Waals surface area (Å²) in [5.74, 6) is 0.0908. The van der Waals surface area contributed by atoms with Crippen LogP contribution in [0.4, 0.5) is 0 Å². The first-order valence-corrected chi connectivity index (χ1v) is 13.7. The van der Waals surface area contributed by atoms with Crippen molar-refractivity contribution in [1.29, 1.82) is 0 Å². The van der Waals surface area contributed by atoms with E-state index in [9.17, 15) is 14.4 Å². The highest BCUT2D eigenvalue weighted by Gasteiger charge is 2.43. The average molecular weight is 537 g/mol. The van der Waals surface area contributed by atoms with E-state index in [4.69, 9.17) is 15.2 Å². The minimum Gasteiger partial charge on any atom is -0.497 e. The molecule has 1 heterocycles. The molecule has 2 fully saturated rings. The molecule has 1 aliphatic carbocycles. The molecule has 9 nitrogen and oxygen atoms in total. The molecule has 2 aromatic carbocycles. The van der Waals surface area contributed by atoms with E-state index < -0.39 is 6.04 Å². The zero-order valence-corrected chi connectivity index (χ0v) is 22.9. The lowest BCUT2D eigenvalue weighted by molar-refractivity contribution is -0.141. The maximum atomic E-state index is 13.8. The topological polar surface area (TPSA) is 114 Å². The Balaban J connectivity index is 1.55. The van der Waals surface area contributed by atoms with Crippen LogP contribution in [-0.4, -0.2) is 85.6 Å². The van der Waals surface area contributed by atoms with Gasteiger partial charge in [-0.15, -0.1) is 0 Å². The van der Waals surface area contributed by atoms with E-state index in [1.54, 1.807) is 36.3 Å². The number of ether oxygens (including phenoxy) is 2. The van der Waals surface area contributed by atoms with E-state index in [-0.39, 0.29) is 49.0 Å². The predicted molar refractivity (Wildman–Crippen MR) is 148 cm³/mol. The highest BCUT2D eigenvalue weighted by atomic mass is 16.5. The number of benzene rings is 2. The molecular weight excluding hydrogens is 496 g/mol. The van der Waals surface area contributed by atoms with Gasteiger partial charge in [0, 0.05) is 37.8 Å². The molecule has 210 valence electrons. The second-order valence-corrected chi connectivity index (χ2v) is 10.5. The van der Waals surface area contributed by atoms with Crippen LogP contribution in [0.2, 0.25) is 0 Å². The molecule has 2 unspecified atom stereocenters. The van der Waals surface area contributed by atoms with Gasteiger partial charge < -0.3 is 30.3 Å². The lowest BCUT2D eigenvalue weighted by Gasteiger charge is -2.30. The van der Waals surface area contributed by atoms with E-state index in [0.717, 1.165) is 31.2 Å². The number of hydrogen-bond acceptors (Lipinski definition) is 6. The molecule has 1 aliphatic heterocycles. The van der Waals surface area contributed by atoms with Gasteiger partial charge in [0.25, 0.3) is 5.91 Å². The molecule has 0 radical (unpaired) electrons. The maximum absolute atomic E-state index is 13.8. The number of amides is 3. The van der Waals surface area contributed by atoms with Gasteiger partial charge in [-0.1, -0.05) is 30.3 Å². The molecule has 2 atom stereocenters. The largest absolute Gasteiger partial charge is 0.497 e. The minimum atomic E-state index is -0.670. The fraction of sp³-hybridized carbons (Fsp3) is 0.500. The molecule has 0 aromatic heterocycles. The average Bonchev–Trinajstić information content (AvgIpc) is 3.40. The standard InChI is InChI=1S/C30H40N4O5/c1-38-20-28(35)34-19-25(18-27(34)29(36)32-24-12-10-23(31)11-13-24)33(17-16-21-6-4-3-5-7-21)30(37)22-8-14-26(39-2)15-9-22/h3-9,14-15,23-25,27H,10-13,16-20,31H2,1-2H3,(H,32,36).